The lowest BCUT2D eigenvalue weighted by Crippen LogP contribution is -2.32. The summed E-state index contributed by atoms with van der Waals surface area (Å²) in [5.41, 5.74) is -0.667. The van der Waals surface area contributed by atoms with Gasteiger partial charge in [0.1, 0.15) is 0 Å². The molecule has 0 saturated heterocycles. The lowest BCUT2D eigenvalue weighted by molar-refractivity contribution is -0.136. The van der Waals surface area contributed by atoms with Gasteiger partial charge in [0, 0.05) is 10.7 Å². The summed E-state index contributed by atoms with van der Waals surface area (Å²) >= 11 is 3.86. The number of rotatable bonds is 6. The number of carbonyl (C=O) groups is 1. The topological polar surface area (TPSA) is 98.0 Å². The molecule has 1 unspecified atom stereocenters. The van der Waals surface area contributed by atoms with Crippen LogP contribution in [0.25, 0.3) is 0 Å². The van der Waals surface area contributed by atoms with E-state index in [1.807, 2.05) is 6.92 Å². The van der Waals surface area contributed by atoms with Crippen LogP contribution in [0.5, 0.6) is 0 Å². The van der Waals surface area contributed by atoms with Crippen molar-refractivity contribution in [3.63, 3.8) is 0 Å². The third-order valence-electron chi connectivity index (χ3n) is 2.23. The molecule has 4 N–H and O–H groups in total. The molecule has 0 aromatic rings. The van der Waals surface area contributed by atoms with Crippen LogP contribution in [0, 0.1) is 5.41 Å². The summed E-state index contributed by atoms with van der Waals surface area (Å²) in [7, 11) is 0. The Morgan fingerprint density at radius 3 is 1.62 bits per heavy atom. The Kier molecular flexibility index (Phi) is 11.2. The monoisotopic (exact) mass is 254 g/mol. The second kappa shape index (κ2) is 9.89. The Morgan fingerprint density at radius 2 is 1.62 bits per heavy atom. The first kappa shape index (κ1) is 18.1. The zero-order valence-corrected chi connectivity index (χ0v) is 10.7. The second-order valence-corrected chi connectivity index (χ2v) is 4.66. The van der Waals surface area contributed by atoms with Gasteiger partial charge in [-0.05, 0) is 6.42 Å². The minimum absolute atomic E-state index is 0.0301. The van der Waals surface area contributed by atoms with Crippen molar-refractivity contribution < 1.29 is 25.2 Å². The number of carboxylic acid groups (broad SMARTS) is 1. The maximum atomic E-state index is 9.76. The zero-order valence-electron chi connectivity index (χ0n) is 9.76. The van der Waals surface area contributed by atoms with Crippen molar-refractivity contribution >= 4 is 18.6 Å². The molecule has 0 saturated carbocycles. The first-order valence-electron chi connectivity index (χ1n) is 5.10. The van der Waals surface area contributed by atoms with E-state index in [1.165, 1.54) is 0 Å². The highest BCUT2D eigenvalue weighted by Crippen LogP contribution is 2.18. The minimum Gasteiger partial charge on any atom is -0.481 e. The lowest BCUT2D eigenvalue weighted by atomic mass is 9.88. The fraction of sp³-hybridized carbons (Fsp3) is 0.900. The van der Waals surface area contributed by atoms with Crippen molar-refractivity contribution in [2.75, 3.05) is 19.8 Å². The van der Waals surface area contributed by atoms with E-state index in [-0.39, 0.29) is 31.5 Å². The van der Waals surface area contributed by atoms with Crippen molar-refractivity contribution in [2.24, 2.45) is 5.41 Å². The van der Waals surface area contributed by atoms with E-state index in [0.717, 1.165) is 0 Å². The maximum absolute atomic E-state index is 9.76. The fourth-order valence-corrected chi connectivity index (χ4v) is 0.894. The van der Waals surface area contributed by atoms with E-state index in [0.29, 0.717) is 6.42 Å². The molecule has 0 heterocycles. The Balaban J connectivity index is 0. The van der Waals surface area contributed by atoms with Crippen molar-refractivity contribution in [1.82, 2.24) is 0 Å². The van der Waals surface area contributed by atoms with Gasteiger partial charge in [0.15, 0.2) is 0 Å². The normalized spacial score (nSPS) is 12.6. The summed E-state index contributed by atoms with van der Waals surface area (Å²) in [6.45, 7) is 3.10. The van der Waals surface area contributed by atoms with Gasteiger partial charge >= 0.3 is 5.97 Å². The highest BCUT2D eigenvalue weighted by atomic mass is 32.1. The summed E-state index contributed by atoms with van der Waals surface area (Å²) in [6.07, 6.45) is 0.736. The average molecular weight is 254 g/mol. The molecule has 0 spiro atoms. The second-order valence-electron chi connectivity index (χ2n) is 3.77. The van der Waals surface area contributed by atoms with E-state index < -0.39 is 11.4 Å². The molecule has 5 nitrogen and oxygen atoms in total. The molecule has 0 radical (unpaired) electrons. The van der Waals surface area contributed by atoms with Crippen LogP contribution in [0.4, 0.5) is 0 Å². The van der Waals surface area contributed by atoms with Gasteiger partial charge in [0.2, 0.25) is 0 Å². The van der Waals surface area contributed by atoms with Crippen molar-refractivity contribution in [3.05, 3.63) is 0 Å². The highest BCUT2D eigenvalue weighted by molar-refractivity contribution is 7.80. The summed E-state index contributed by atoms with van der Waals surface area (Å²) in [4.78, 5) is 9.76. The minimum atomic E-state index is -0.789. The lowest BCUT2D eigenvalue weighted by Gasteiger charge is -2.24. The number of aliphatic hydroxyl groups excluding tert-OH is 3. The van der Waals surface area contributed by atoms with E-state index in [4.69, 9.17) is 20.4 Å². The van der Waals surface area contributed by atoms with Crippen LogP contribution in [0.2, 0.25) is 0 Å². The molecule has 16 heavy (non-hydrogen) atoms. The quantitative estimate of drug-likeness (QED) is 0.434. The first-order valence-corrected chi connectivity index (χ1v) is 5.61. The number of carboxylic acids is 1. The molecule has 0 rings (SSSR count). The molecule has 0 bridgehead atoms. The van der Waals surface area contributed by atoms with Crippen LogP contribution in [0.1, 0.15) is 26.7 Å². The molecule has 0 aromatic heterocycles. The third kappa shape index (κ3) is 8.96. The van der Waals surface area contributed by atoms with Gasteiger partial charge < -0.3 is 20.4 Å². The number of hydrogen-bond donors (Lipinski definition) is 5. The Labute approximate surface area is 102 Å². The van der Waals surface area contributed by atoms with Crippen molar-refractivity contribution in [1.29, 1.82) is 0 Å². The number of hydrogen-bond acceptors (Lipinski definition) is 5. The molecular formula is C10H22O5S. The predicted octanol–water partition coefficient (Wildman–Crippen LogP) is 0.139. The van der Waals surface area contributed by atoms with E-state index in [1.54, 1.807) is 6.92 Å². The molecular weight excluding hydrogens is 232 g/mol. The van der Waals surface area contributed by atoms with Crippen molar-refractivity contribution in [2.45, 2.75) is 31.9 Å². The smallest absolute Gasteiger partial charge is 0.304 e. The van der Waals surface area contributed by atoms with E-state index in [9.17, 15) is 4.79 Å². The molecule has 0 aliphatic carbocycles. The molecule has 0 fully saturated rings. The van der Waals surface area contributed by atoms with E-state index >= 15 is 0 Å². The largest absolute Gasteiger partial charge is 0.481 e. The zero-order chi connectivity index (χ0) is 13.2. The Hall–Kier alpha value is -0.300. The SMILES string of the molecule is CC(S)CC(=O)O.CCC(CO)(CO)CO. The van der Waals surface area contributed by atoms with Crippen LogP contribution in [-0.2, 0) is 4.79 Å². The number of aliphatic carboxylic acids is 1. The molecule has 98 valence electrons. The van der Waals surface area contributed by atoms with Crippen molar-refractivity contribution in [3.8, 4) is 0 Å². The molecule has 0 aliphatic rings. The van der Waals surface area contributed by atoms with E-state index in [2.05, 4.69) is 12.6 Å². The van der Waals surface area contributed by atoms with Gasteiger partial charge in [0.05, 0.1) is 26.2 Å². The van der Waals surface area contributed by atoms with Gasteiger partial charge in [-0.15, -0.1) is 0 Å². The van der Waals surface area contributed by atoms with Crippen LogP contribution in [0.15, 0.2) is 0 Å². The maximum Gasteiger partial charge on any atom is 0.304 e. The summed E-state index contributed by atoms with van der Waals surface area (Å²) in [5, 5.41) is 34.0. The van der Waals surface area contributed by atoms with Crippen LogP contribution < -0.4 is 0 Å². The molecule has 0 amide bonds. The van der Waals surface area contributed by atoms with Gasteiger partial charge in [0.25, 0.3) is 0 Å². The van der Waals surface area contributed by atoms with Crippen LogP contribution in [0.3, 0.4) is 0 Å². The average Bonchev–Trinajstić information content (AvgIpc) is 2.21. The van der Waals surface area contributed by atoms with Gasteiger partial charge in [-0.2, -0.15) is 12.6 Å². The molecule has 0 aliphatic heterocycles. The number of thiol groups is 1. The Bertz CT molecular complexity index is 163. The number of aliphatic hydroxyl groups is 3. The first-order chi connectivity index (χ1) is 7.37. The predicted molar refractivity (Wildman–Crippen MR) is 64.7 cm³/mol. The Morgan fingerprint density at radius 1 is 1.25 bits per heavy atom. The fourth-order valence-electron chi connectivity index (χ4n) is 0.738. The summed E-state index contributed by atoms with van der Waals surface area (Å²) in [6, 6.07) is 0. The van der Waals surface area contributed by atoms with Crippen LogP contribution in [-0.4, -0.2) is 51.5 Å². The van der Waals surface area contributed by atoms with Gasteiger partial charge in [-0.25, -0.2) is 0 Å². The molecule has 6 heteroatoms. The molecule has 1 atom stereocenters. The summed E-state index contributed by atoms with van der Waals surface area (Å²) < 4.78 is 0. The molecule has 0 aromatic carbocycles. The van der Waals surface area contributed by atoms with Gasteiger partial charge in [-0.3, -0.25) is 4.79 Å². The highest BCUT2D eigenvalue weighted by Gasteiger charge is 2.24. The third-order valence-corrected chi connectivity index (χ3v) is 2.41. The van der Waals surface area contributed by atoms with Crippen LogP contribution >= 0.6 is 12.6 Å². The summed E-state index contributed by atoms with van der Waals surface area (Å²) in [5.74, 6) is -0.789. The standard InChI is InChI=1S/C6H14O3.C4H8O2S/c1-2-6(3-7,4-8)5-9;1-3(7)2-4(5)6/h7-9H,2-5H2,1H3;3,7H,2H2,1H3,(H,5,6). The van der Waals surface area contributed by atoms with Gasteiger partial charge in [-0.1, -0.05) is 13.8 Å².